The molecule has 0 atom stereocenters. The third kappa shape index (κ3) is 2.34. The summed E-state index contributed by atoms with van der Waals surface area (Å²) in [5.74, 6) is -0.722. The van der Waals surface area contributed by atoms with Crippen LogP contribution >= 0.6 is 0 Å². The maximum absolute atomic E-state index is 12.5. The molecule has 7 heteroatoms. The Morgan fingerprint density at radius 2 is 2.00 bits per heavy atom. The van der Waals surface area contributed by atoms with Gasteiger partial charge >= 0.3 is 6.18 Å². The van der Waals surface area contributed by atoms with E-state index in [1.807, 2.05) is 0 Å². The second-order valence-electron chi connectivity index (χ2n) is 3.61. The highest BCUT2D eigenvalue weighted by Gasteiger charge is 2.30. The SMILES string of the molecule is NC(=O)c1cc(-c2cccc(C(F)(F)F)c2)n[nH]1. The summed E-state index contributed by atoms with van der Waals surface area (Å²) in [4.78, 5) is 10.8. The van der Waals surface area contributed by atoms with Crippen LogP contribution < -0.4 is 5.73 Å². The minimum absolute atomic E-state index is 0.0439. The average Bonchev–Trinajstić information content (AvgIpc) is 2.77. The molecule has 2 aromatic rings. The first kappa shape index (κ1) is 12.2. The van der Waals surface area contributed by atoms with Crippen molar-refractivity contribution in [1.82, 2.24) is 10.2 Å². The van der Waals surface area contributed by atoms with E-state index in [2.05, 4.69) is 10.2 Å². The van der Waals surface area contributed by atoms with Crippen LogP contribution in [0.5, 0.6) is 0 Å². The number of aromatic amines is 1. The highest BCUT2D eigenvalue weighted by molar-refractivity contribution is 5.91. The van der Waals surface area contributed by atoms with Gasteiger partial charge in [0.1, 0.15) is 5.69 Å². The Labute approximate surface area is 99.6 Å². The second-order valence-corrected chi connectivity index (χ2v) is 3.61. The lowest BCUT2D eigenvalue weighted by molar-refractivity contribution is -0.137. The largest absolute Gasteiger partial charge is 0.416 e. The zero-order valence-corrected chi connectivity index (χ0v) is 8.95. The molecule has 0 aliphatic rings. The predicted octanol–water partition coefficient (Wildman–Crippen LogP) is 2.19. The van der Waals surface area contributed by atoms with Crippen molar-refractivity contribution in [2.24, 2.45) is 5.73 Å². The van der Waals surface area contributed by atoms with E-state index in [1.165, 1.54) is 18.2 Å². The van der Waals surface area contributed by atoms with E-state index in [4.69, 9.17) is 5.73 Å². The molecule has 0 aliphatic carbocycles. The Kier molecular flexibility index (Phi) is 2.82. The van der Waals surface area contributed by atoms with Crippen molar-refractivity contribution >= 4 is 5.91 Å². The number of benzene rings is 1. The fourth-order valence-electron chi connectivity index (χ4n) is 1.45. The summed E-state index contributed by atoms with van der Waals surface area (Å²) in [7, 11) is 0. The van der Waals surface area contributed by atoms with Crippen LogP contribution in [-0.2, 0) is 6.18 Å². The van der Waals surface area contributed by atoms with Crippen LogP contribution in [0.3, 0.4) is 0 Å². The van der Waals surface area contributed by atoms with Gasteiger partial charge < -0.3 is 5.73 Å². The van der Waals surface area contributed by atoms with E-state index in [9.17, 15) is 18.0 Å². The maximum atomic E-state index is 12.5. The Bertz CT molecular complexity index is 589. The minimum atomic E-state index is -4.42. The van der Waals surface area contributed by atoms with E-state index in [-0.39, 0.29) is 17.0 Å². The van der Waals surface area contributed by atoms with E-state index in [0.29, 0.717) is 0 Å². The number of hydrogen-bond acceptors (Lipinski definition) is 2. The van der Waals surface area contributed by atoms with Crippen LogP contribution in [0.2, 0.25) is 0 Å². The molecule has 1 aromatic carbocycles. The molecule has 0 radical (unpaired) electrons. The number of nitrogens with zero attached hydrogens (tertiary/aromatic N) is 1. The van der Waals surface area contributed by atoms with E-state index >= 15 is 0 Å². The number of carbonyl (C=O) groups is 1. The van der Waals surface area contributed by atoms with Gasteiger partial charge in [0.05, 0.1) is 11.3 Å². The molecular weight excluding hydrogens is 247 g/mol. The van der Waals surface area contributed by atoms with Crippen LogP contribution in [-0.4, -0.2) is 16.1 Å². The molecule has 0 aliphatic heterocycles. The summed E-state index contributed by atoms with van der Waals surface area (Å²) in [5, 5.41) is 6.09. The highest BCUT2D eigenvalue weighted by Crippen LogP contribution is 2.31. The van der Waals surface area contributed by atoms with E-state index in [1.54, 1.807) is 0 Å². The molecule has 1 heterocycles. The van der Waals surface area contributed by atoms with Gasteiger partial charge in [-0.05, 0) is 18.2 Å². The summed E-state index contributed by atoms with van der Waals surface area (Å²) in [6, 6.07) is 5.97. The quantitative estimate of drug-likeness (QED) is 0.863. The number of halogens is 3. The van der Waals surface area contributed by atoms with Crippen LogP contribution in [0.15, 0.2) is 30.3 Å². The molecule has 2 rings (SSSR count). The lowest BCUT2D eigenvalue weighted by Crippen LogP contribution is -2.10. The number of nitrogens with two attached hydrogens (primary N) is 1. The minimum Gasteiger partial charge on any atom is -0.364 e. The number of aromatic nitrogens is 2. The average molecular weight is 255 g/mol. The topological polar surface area (TPSA) is 71.8 Å². The zero-order chi connectivity index (χ0) is 13.3. The Hall–Kier alpha value is -2.31. The third-order valence-corrected chi connectivity index (χ3v) is 2.33. The van der Waals surface area contributed by atoms with Gasteiger partial charge in [0.2, 0.25) is 0 Å². The van der Waals surface area contributed by atoms with Crippen molar-refractivity contribution in [2.75, 3.05) is 0 Å². The van der Waals surface area contributed by atoms with Crippen molar-refractivity contribution in [3.63, 3.8) is 0 Å². The van der Waals surface area contributed by atoms with E-state index in [0.717, 1.165) is 12.1 Å². The van der Waals surface area contributed by atoms with Crippen molar-refractivity contribution < 1.29 is 18.0 Å². The molecule has 0 unspecified atom stereocenters. The molecule has 0 saturated carbocycles. The van der Waals surface area contributed by atoms with Gasteiger partial charge in [0, 0.05) is 5.56 Å². The smallest absolute Gasteiger partial charge is 0.364 e. The number of carbonyl (C=O) groups excluding carboxylic acids is 1. The number of hydrogen-bond donors (Lipinski definition) is 2. The van der Waals surface area contributed by atoms with Gasteiger partial charge in [-0.15, -0.1) is 0 Å². The molecule has 0 saturated heterocycles. The molecule has 3 N–H and O–H groups in total. The van der Waals surface area contributed by atoms with Gasteiger partial charge in [-0.2, -0.15) is 18.3 Å². The number of amides is 1. The summed E-state index contributed by atoms with van der Waals surface area (Å²) >= 11 is 0. The summed E-state index contributed by atoms with van der Waals surface area (Å²) < 4.78 is 37.5. The Balaban J connectivity index is 2.41. The maximum Gasteiger partial charge on any atom is 0.416 e. The molecule has 1 aromatic heterocycles. The first-order chi connectivity index (χ1) is 8.38. The first-order valence-electron chi connectivity index (χ1n) is 4.91. The van der Waals surface area contributed by atoms with Gasteiger partial charge in [0.25, 0.3) is 5.91 Å². The van der Waals surface area contributed by atoms with Crippen molar-refractivity contribution in [1.29, 1.82) is 0 Å². The van der Waals surface area contributed by atoms with Gasteiger partial charge in [-0.1, -0.05) is 12.1 Å². The number of nitrogens with one attached hydrogen (secondary N) is 1. The van der Waals surface area contributed by atoms with Crippen LogP contribution in [0.25, 0.3) is 11.3 Å². The number of H-pyrrole nitrogens is 1. The van der Waals surface area contributed by atoms with E-state index < -0.39 is 17.6 Å². The predicted molar refractivity (Wildman–Crippen MR) is 57.5 cm³/mol. The summed E-state index contributed by atoms with van der Waals surface area (Å²) in [6.07, 6.45) is -4.42. The number of primary amides is 1. The third-order valence-electron chi connectivity index (χ3n) is 2.33. The van der Waals surface area contributed by atoms with Crippen molar-refractivity contribution in [3.05, 3.63) is 41.6 Å². The first-order valence-corrected chi connectivity index (χ1v) is 4.91. The Morgan fingerprint density at radius 3 is 2.56 bits per heavy atom. The zero-order valence-electron chi connectivity index (χ0n) is 8.95. The van der Waals surface area contributed by atoms with Crippen LogP contribution in [0.1, 0.15) is 16.1 Å². The molecule has 1 amide bonds. The molecular formula is C11H8F3N3O. The lowest BCUT2D eigenvalue weighted by Gasteiger charge is -2.07. The number of rotatable bonds is 2. The van der Waals surface area contributed by atoms with Crippen molar-refractivity contribution in [3.8, 4) is 11.3 Å². The fraction of sp³-hybridized carbons (Fsp3) is 0.0909. The van der Waals surface area contributed by atoms with Gasteiger partial charge in [-0.3, -0.25) is 9.89 Å². The molecule has 94 valence electrons. The Morgan fingerprint density at radius 1 is 1.28 bits per heavy atom. The fourth-order valence-corrected chi connectivity index (χ4v) is 1.45. The molecule has 0 bridgehead atoms. The molecule has 4 nitrogen and oxygen atoms in total. The monoisotopic (exact) mass is 255 g/mol. The number of alkyl halides is 3. The summed E-state index contributed by atoms with van der Waals surface area (Å²) in [5.41, 5.74) is 4.77. The lowest BCUT2D eigenvalue weighted by atomic mass is 10.1. The standard InChI is InChI=1S/C11H8F3N3O/c12-11(13,14)7-3-1-2-6(4-7)8-5-9(10(15)18)17-16-8/h1-5H,(H2,15,18)(H,16,17). The second kappa shape index (κ2) is 4.17. The van der Waals surface area contributed by atoms with Gasteiger partial charge in [-0.25, -0.2) is 0 Å². The van der Waals surface area contributed by atoms with Crippen LogP contribution in [0, 0.1) is 0 Å². The van der Waals surface area contributed by atoms with Crippen LogP contribution in [0.4, 0.5) is 13.2 Å². The highest BCUT2D eigenvalue weighted by atomic mass is 19.4. The molecule has 0 spiro atoms. The summed E-state index contributed by atoms with van der Waals surface area (Å²) in [6.45, 7) is 0. The normalized spacial score (nSPS) is 11.5. The molecule has 0 fully saturated rings. The van der Waals surface area contributed by atoms with Crippen molar-refractivity contribution in [2.45, 2.75) is 6.18 Å². The van der Waals surface area contributed by atoms with Gasteiger partial charge in [0.15, 0.2) is 0 Å². The molecule has 18 heavy (non-hydrogen) atoms.